The molecule has 0 aliphatic heterocycles. The van der Waals surface area contributed by atoms with Gasteiger partial charge in [0.1, 0.15) is 24.2 Å². The Morgan fingerprint density at radius 1 is 1.04 bits per heavy atom. The van der Waals surface area contributed by atoms with Crippen LogP contribution in [0, 0.1) is 0 Å². The Bertz CT molecular complexity index is 1050. The monoisotopic (exact) mass is 371 g/mol. The highest BCUT2D eigenvalue weighted by atomic mass is 16.5. The number of benzene rings is 2. The van der Waals surface area contributed by atoms with Crippen LogP contribution in [0.25, 0.3) is 5.82 Å². The summed E-state index contributed by atoms with van der Waals surface area (Å²) in [6.07, 6.45) is 6.88. The van der Waals surface area contributed by atoms with Gasteiger partial charge in [-0.05, 0) is 29.8 Å². The summed E-state index contributed by atoms with van der Waals surface area (Å²) in [5, 5.41) is 2.88. The molecule has 1 amide bonds. The number of nitrogens with one attached hydrogen (secondary N) is 1. The maximum Gasteiger partial charge on any atom is 0.228 e. The van der Waals surface area contributed by atoms with Gasteiger partial charge >= 0.3 is 0 Å². The van der Waals surface area contributed by atoms with E-state index in [0.717, 1.165) is 5.56 Å². The minimum atomic E-state index is -0.0688. The van der Waals surface area contributed by atoms with Crippen molar-refractivity contribution in [3.05, 3.63) is 91.3 Å². The molecule has 2 aromatic heterocycles. The van der Waals surface area contributed by atoms with Gasteiger partial charge in [0.25, 0.3) is 0 Å². The van der Waals surface area contributed by atoms with E-state index in [2.05, 4.69) is 20.3 Å². The van der Waals surface area contributed by atoms with E-state index in [1.54, 1.807) is 53.6 Å². The van der Waals surface area contributed by atoms with Crippen molar-refractivity contribution in [3.63, 3.8) is 0 Å². The quantitative estimate of drug-likeness (QED) is 0.560. The number of hydrogen-bond donors (Lipinski definition) is 1. The van der Waals surface area contributed by atoms with Gasteiger partial charge in [0.2, 0.25) is 11.8 Å². The molecule has 7 nitrogen and oxygen atoms in total. The zero-order chi connectivity index (χ0) is 19.2. The third-order valence-electron chi connectivity index (χ3n) is 3.96. The van der Waals surface area contributed by atoms with Crippen LogP contribution in [0.15, 0.2) is 85.7 Å². The number of anilines is 1. The number of ether oxygens (including phenoxy) is 1. The Kier molecular flexibility index (Phi) is 5.06. The zero-order valence-corrected chi connectivity index (χ0v) is 14.9. The fraction of sp³-hybridized carbons (Fsp3) is 0.0476. The average molecular weight is 371 g/mol. The standard InChI is InChI=1S/C21H17N5O2/c27-20(12-16-4-2-1-3-5-16)25-17-6-8-18(9-7-17)28-21-13-19(23-14-24-21)26-11-10-22-15-26/h1-11,13-15H,12H2,(H,25,27). The van der Waals surface area contributed by atoms with Crippen LogP contribution < -0.4 is 10.1 Å². The third-order valence-corrected chi connectivity index (χ3v) is 3.96. The predicted octanol–water partition coefficient (Wildman–Crippen LogP) is 3.64. The van der Waals surface area contributed by atoms with Gasteiger partial charge in [-0.25, -0.2) is 15.0 Å². The normalized spacial score (nSPS) is 10.4. The Morgan fingerprint density at radius 3 is 2.61 bits per heavy atom. The van der Waals surface area contributed by atoms with Crippen molar-refractivity contribution in [3.8, 4) is 17.4 Å². The van der Waals surface area contributed by atoms with Crippen LogP contribution in [-0.2, 0) is 11.2 Å². The van der Waals surface area contributed by atoms with Crippen LogP contribution in [0.5, 0.6) is 11.6 Å². The Labute approximate surface area is 161 Å². The van der Waals surface area contributed by atoms with Crippen LogP contribution in [0.1, 0.15) is 5.56 Å². The summed E-state index contributed by atoms with van der Waals surface area (Å²) in [4.78, 5) is 24.5. The summed E-state index contributed by atoms with van der Waals surface area (Å²) in [7, 11) is 0. The summed E-state index contributed by atoms with van der Waals surface area (Å²) in [5.74, 6) is 1.61. The number of amides is 1. The summed E-state index contributed by atoms with van der Waals surface area (Å²) in [5.41, 5.74) is 1.67. The predicted molar refractivity (Wildman–Crippen MR) is 104 cm³/mol. The second-order valence-electron chi connectivity index (χ2n) is 6.02. The number of carbonyl (C=O) groups excluding carboxylic acids is 1. The largest absolute Gasteiger partial charge is 0.439 e. The molecule has 7 heteroatoms. The number of carbonyl (C=O) groups is 1. The van der Waals surface area contributed by atoms with Crippen molar-refractivity contribution < 1.29 is 9.53 Å². The van der Waals surface area contributed by atoms with Crippen LogP contribution in [0.2, 0.25) is 0 Å². The topological polar surface area (TPSA) is 81.9 Å². The molecule has 0 bridgehead atoms. The lowest BCUT2D eigenvalue weighted by Crippen LogP contribution is -2.14. The number of imidazole rings is 1. The van der Waals surface area contributed by atoms with Crippen molar-refractivity contribution in [2.45, 2.75) is 6.42 Å². The third kappa shape index (κ3) is 4.39. The second-order valence-corrected chi connectivity index (χ2v) is 6.02. The molecule has 0 radical (unpaired) electrons. The summed E-state index contributed by atoms with van der Waals surface area (Å²) in [6.45, 7) is 0. The van der Waals surface area contributed by atoms with Gasteiger partial charge in [-0.3, -0.25) is 9.36 Å². The molecule has 4 rings (SSSR count). The van der Waals surface area contributed by atoms with E-state index >= 15 is 0 Å². The van der Waals surface area contributed by atoms with E-state index < -0.39 is 0 Å². The fourth-order valence-corrected chi connectivity index (χ4v) is 2.64. The van der Waals surface area contributed by atoms with Gasteiger partial charge in [0.05, 0.1) is 6.42 Å². The SMILES string of the molecule is O=C(Cc1ccccc1)Nc1ccc(Oc2cc(-n3ccnc3)ncn2)cc1. The smallest absolute Gasteiger partial charge is 0.228 e. The van der Waals surface area contributed by atoms with E-state index in [4.69, 9.17) is 4.74 Å². The first-order valence-corrected chi connectivity index (χ1v) is 8.68. The molecule has 0 saturated heterocycles. The molecule has 0 fully saturated rings. The van der Waals surface area contributed by atoms with Crippen molar-refractivity contribution in [1.82, 2.24) is 19.5 Å². The van der Waals surface area contributed by atoms with Gasteiger partial charge in [-0.15, -0.1) is 0 Å². The Balaban J connectivity index is 1.38. The molecular formula is C21H17N5O2. The summed E-state index contributed by atoms with van der Waals surface area (Å²) in [6, 6.07) is 18.5. The molecule has 28 heavy (non-hydrogen) atoms. The highest BCUT2D eigenvalue weighted by Gasteiger charge is 2.06. The van der Waals surface area contributed by atoms with E-state index in [1.165, 1.54) is 6.33 Å². The first-order valence-electron chi connectivity index (χ1n) is 8.68. The molecule has 0 spiro atoms. The van der Waals surface area contributed by atoms with Crippen molar-refractivity contribution in [2.75, 3.05) is 5.32 Å². The van der Waals surface area contributed by atoms with E-state index in [0.29, 0.717) is 29.6 Å². The first kappa shape index (κ1) is 17.4. The van der Waals surface area contributed by atoms with Gasteiger partial charge < -0.3 is 10.1 Å². The van der Waals surface area contributed by atoms with E-state index in [1.807, 2.05) is 30.3 Å². The molecule has 2 aromatic carbocycles. The molecule has 138 valence electrons. The molecule has 0 aliphatic carbocycles. The van der Waals surface area contributed by atoms with Crippen LogP contribution in [0.3, 0.4) is 0 Å². The Morgan fingerprint density at radius 2 is 1.86 bits per heavy atom. The van der Waals surface area contributed by atoms with Gasteiger partial charge in [-0.2, -0.15) is 0 Å². The average Bonchev–Trinajstić information content (AvgIpc) is 3.25. The number of nitrogens with zero attached hydrogens (tertiary/aromatic N) is 4. The maximum absolute atomic E-state index is 12.1. The van der Waals surface area contributed by atoms with E-state index in [-0.39, 0.29) is 5.91 Å². The molecular weight excluding hydrogens is 354 g/mol. The minimum Gasteiger partial charge on any atom is -0.439 e. The minimum absolute atomic E-state index is 0.0688. The lowest BCUT2D eigenvalue weighted by atomic mass is 10.1. The van der Waals surface area contributed by atoms with Gasteiger partial charge in [0, 0.05) is 24.1 Å². The number of rotatable bonds is 6. The number of aromatic nitrogens is 4. The second kappa shape index (κ2) is 8.13. The Hall–Kier alpha value is -4.00. The van der Waals surface area contributed by atoms with Crippen molar-refractivity contribution in [2.24, 2.45) is 0 Å². The van der Waals surface area contributed by atoms with Crippen molar-refractivity contribution >= 4 is 11.6 Å². The van der Waals surface area contributed by atoms with Gasteiger partial charge in [0.15, 0.2) is 0 Å². The lowest BCUT2D eigenvalue weighted by molar-refractivity contribution is -0.115. The molecule has 0 unspecified atom stereocenters. The molecule has 0 saturated carbocycles. The van der Waals surface area contributed by atoms with Crippen LogP contribution >= 0.6 is 0 Å². The fourth-order valence-electron chi connectivity index (χ4n) is 2.64. The van der Waals surface area contributed by atoms with Crippen LogP contribution in [-0.4, -0.2) is 25.4 Å². The maximum atomic E-state index is 12.1. The highest BCUT2D eigenvalue weighted by Crippen LogP contribution is 2.22. The van der Waals surface area contributed by atoms with E-state index in [9.17, 15) is 4.79 Å². The molecule has 4 aromatic rings. The highest BCUT2D eigenvalue weighted by molar-refractivity contribution is 5.92. The zero-order valence-electron chi connectivity index (χ0n) is 14.9. The summed E-state index contributed by atoms with van der Waals surface area (Å²) >= 11 is 0. The van der Waals surface area contributed by atoms with Gasteiger partial charge in [-0.1, -0.05) is 30.3 Å². The van der Waals surface area contributed by atoms with Crippen molar-refractivity contribution in [1.29, 1.82) is 0 Å². The number of hydrogen-bond acceptors (Lipinski definition) is 5. The van der Waals surface area contributed by atoms with Crippen LogP contribution in [0.4, 0.5) is 5.69 Å². The first-order chi connectivity index (χ1) is 13.8. The molecule has 0 aliphatic rings. The molecule has 2 heterocycles. The summed E-state index contributed by atoms with van der Waals surface area (Å²) < 4.78 is 7.54. The molecule has 0 atom stereocenters. The lowest BCUT2D eigenvalue weighted by Gasteiger charge is -2.08. The molecule has 1 N–H and O–H groups in total.